The second-order valence-electron chi connectivity index (χ2n) is 4.24. The minimum absolute atomic E-state index is 0.258. The number of nitrogens with two attached hydrogens (primary N) is 1. The SMILES string of the molecule is CC(O)C1CCCN1c1ccc(N)cc1. The minimum Gasteiger partial charge on any atom is -0.399 e. The van der Waals surface area contributed by atoms with Gasteiger partial charge in [0.05, 0.1) is 12.1 Å². The summed E-state index contributed by atoms with van der Waals surface area (Å²) in [6.45, 7) is 2.89. The van der Waals surface area contributed by atoms with Gasteiger partial charge in [0.1, 0.15) is 0 Å². The summed E-state index contributed by atoms with van der Waals surface area (Å²) in [7, 11) is 0. The van der Waals surface area contributed by atoms with Crippen LogP contribution >= 0.6 is 0 Å². The lowest BCUT2D eigenvalue weighted by Gasteiger charge is -2.28. The van der Waals surface area contributed by atoms with Crippen LogP contribution in [-0.4, -0.2) is 23.8 Å². The molecule has 2 rings (SSSR count). The van der Waals surface area contributed by atoms with Crippen LogP contribution < -0.4 is 10.6 Å². The monoisotopic (exact) mass is 206 g/mol. The number of nitrogen functional groups attached to an aromatic ring is 1. The van der Waals surface area contributed by atoms with Crippen LogP contribution in [0.1, 0.15) is 19.8 Å². The second-order valence-corrected chi connectivity index (χ2v) is 4.24. The average molecular weight is 206 g/mol. The van der Waals surface area contributed by atoms with Gasteiger partial charge in [-0.2, -0.15) is 0 Å². The fraction of sp³-hybridized carbons (Fsp3) is 0.500. The molecule has 1 heterocycles. The smallest absolute Gasteiger partial charge is 0.0715 e. The molecule has 0 aromatic heterocycles. The minimum atomic E-state index is -0.273. The van der Waals surface area contributed by atoms with Crippen molar-refractivity contribution in [2.45, 2.75) is 31.9 Å². The normalized spacial score (nSPS) is 23.1. The maximum Gasteiger partial charge on any atom is 0.0715 e. The molecule has 15 heavy (non-hydrogen) atoms. The molecule has 1 aliphatic rings. The Hall–Kier alpha value is -1.22. The molecular weight excluding hydrogens is 188 g/mol. The largest absolute Gasteiger partial charge is 0.399 e. The van der Waals surface area contributed by atoms with Crippen molar-refractivity contribution in [2.24, 2.45) is 0 Å². The summed E-state index contributed by atoms with van der Waals surface area (Å²) in [5.41, 5.74) is 7.60. The molecule has 0 bridgehead atoms. The van der Waals surface area contributed by atoms with Crippen molar-refractivity contribution >= 4 is 11.4 Å². The Balaban J connectivity index is 2.19. The van der Waals surface area contributed by atoms with E-state index in [1.807, 2.05) is 31.2 Å². The van der Waals surface area contributed by atoms with Crippen molar-refractivity contribution in [3.8, 4) is 0 Å². The highest BCUT2D eigenvalue weighted by Gasteiger charge is 2.28. The number of nitrogens with zero attached hydrogens (tertiary/aromatic N) is 1. The topological polar surface area (TPSA) is 49.5 Å². The van der Waals surface area contributed by atoms with Crippen LogP contribution in [0.25, 0.3) is 0 Å². The van der Waals surface area contributed by atoms with E-state index in [0.717, 1.165) is 30.8 Å². The third kappa shape index (κ3) is 2.07. The Kier molecular flexibility index (Phi) is 2.82. The van der Waals surface area contributed by atoms with Gasteiger partial charge in [-0.1, -0.05) is 0 Å². The summed E-state index contributed by atoms with van der Waals surface area (Å²) in [4.78, 5) is 2.27. The molecule has 0 spiro atoms. The quantitative estimate of drug-likeness (QED) is 0.723. The summed E-state index contributed by atoms with van der Waals surface area (Å²) in [5, 5.41) is 9.67. The van der Waals surface area contributed by atoms with E-state index in [-0.39, 0.29) is 12.1 Å². The van der Waals surface area contributed by atoms with Gasteiger partial charge >= 0.3 is 0 Å². The standard InChI is InChI=1S/C12H18N2O/c1-9(15)12-3-2-8-14(12)11-6-4-10(13)5-7-11/h4-7,9,12,15H,2-3,8,13H2,1H3. The van der Waals surface area contributed by atoms with E-state index in [0.29, 0.717) is 0 Å². The van der Waals surface area contributed by atoms with E-state index in [1.54, 1.807) is 0 Å². The first-order valence-corrected chi connectivity index (χ1v) is 5.49. The van der Waals surface area contributed by atoms with E-state index in [2.05, 4.69) is 4.90 Å². The van der Waals surface area contributed by atoms with Gasteiger partial charge in [0.25, 0.3) is 0 Å². The zero-order valence-electron chi connectivity index (χ0n) is 9.06. The molecule has 1 fully saturated rings. The van der Waals surface area contributed by atoms with E-state index in [4.69, 9.17) is 5.73 Å². The molecule has 1 aromatic rings. The van der Waals surface area contributed by atoms with E-state index in [9.17, 15) is 5.11 Å². The third-order valence-corrected chi connectivity index (χ3v) is 3.08. The molecule has 2 atom stereocenters. The molecule has 1 aliphatic heterocycles. The predicted molar refractivity (Wildman–Crippen MR) is 62.9 cm³/mol. The number of rotatable bonds is 2. The Morgan fingerprint density at radius 1 is 1.40 bits per heavy atom. The molecule has 82 valence electrons. The van der Waals surface area contributed by atoms with Gasteiger partial charge in [-0.3, -0.25) is 0 Å². The van der Waals surface area contributed by atoms with Crippen molar-refractivity contribution in [3.63, 3.8) is 0 Å². The van der Waals surface area contributed by atoms with Gasteiger partial charge in [-0.05, 0) is 44.0 Å². The Morgan fingerprint density at radius 2 is 2.07 bits per heavy atom. The van der Waals surface area contributed by atoms with E-state index < -0.39 is 0 Å². The average Bonchev–Trinajstić information content (AvgIpc) is 2.67. The number of aliphatic hydroxyl groups is 1. The Labute approximate surface area is 90.5 Å². The fourth-order valence-electron chi connectivity index (χ4n) is 2.28. The molecule has 3 heteroatoms. The highest BCUT2D eigenvalue weighted by atomic mass is 16.3. The van der Waals surface area contributed by atoms with E-state index in [1.165, 1.54) is 0 Å². The zero-order chi connectivity index (χ0) is 10.8. The molecule has 1 aromatic carbocycles. The summed E-state index contributed by atoms with van der Waals surface area (Å²) in [5.74, 6) is 0. The van der Waals surface area contributed by atoms with Gasteiger partial charge in [0, 0.05) is 17.9 Å². The third-order valence-electron chi connectivity index (χ3n) is 3.08. The van der Waals surface area contributed by atoms with Gasteiger partial charge in [-0.25, -0.2) is 0 Å². The molecular formula is C12H18N2O. The van der Waals surface area contributed by atoms with Crippen molar-refractivity contribution in [1.29, 1.82) is 0 Å². The lowest BCUT2D eigenvalue weighted by molar-refractivity contribution is 0.164. The molecule has 1 saturated heterocycles. The molecule has 3 nitrogen and oxygen atoms in total. The first kappa shape index (κ1) is 10.3. The molecule has 0 radical (unpaired) electrons. The molecule has 3 N–H and O–H groups in total. The lowest BCUT2D eigenvalue weighted by Crippen LogP contribution is -2.37. The summed E-state index contributed by atoms with van der Waals surface area (Å²) in [6, 6.07) is 8.12. The number of benzene rings is 1. The molecule has 2 unspecified atom stereocenters. The van der Waals surface area contributed by atoms with Crippen LogP contribution in [-0.2, 0) is 0 Å². The highest BCUT2D eigenvalue weighted by molar-refractivity contribution is 5.54. The summed E-state index contributed by atoms with van der Waals surface area (Å²) < 4.78 is 0. The van der Waals surface area contributed by atoms with Crippen LogP contribution in [0, 0.1) is 0 Å². The van der Waals surface area contributed by atoms with Crippen molar-refractivity contribution < 1.29 is 5.11 Å². The van der Waals surface area contributed by atoms with Gasteiger partial charge < -0.3 is 15.7 Å². The maximum absolute atomic E-state index is 9.67. The molecule has 0 amide bonds. The predicted octanol–water partition coefficient (Wildman–Crippen LogP) is 1.62. The second kappa shape index (κ2) is 4.11. The maximum atomic E-state index is 9.67. The number of hydrogen-bond acceptors (Lipinski definition) is 3. The van der Waals surface area contributed by atoms with Crippen molar-refractivity contribution in [1.82, 2.24) is 0 Å². The van der Waals surface area contributed by atoms with Crippen LogP contribution in [0.2, 0.25) is 0 Å². The zero-order valence-corrected chi connectivity index (χ0v) is 9.06. The van der Waals surface area contributed by atoms with Gasteiger partial charge in [-0.15, -0.1) is 0 Å². The molecule has 0 aliphatic carbocycles. The Bertz CT molecular complexity index is 321. The number of anilines is 2. The molecule has 0 saturated carbocycles. The first-order valence-electron chi connectivity index (χ1n) is 5.49. The summed E-state index contributed by atoms with van der Waals surface area (Å²) in [6.07, 6.45) is 1.95. The lowest BCUT2D eigenvalue weighted by atomic mass is 10.1. The van der Waals surface area contributed by atoms with Gasteiger partial charge in [0.2, 0.25) is 0 Å². The first-order chi connectivity index (χ1) is 7.18. The van der Waals surface area contributed by atoms with Crippen LogP contribution in [0.3, 0.4) is 0 Å². The van der Waals surface area contributed by atoms with Gasteiger partial charge in [0.15, 0.2) is 0 Å². The number of aliphatic hydroxyl groups excluding tert-OH is 1. The van der Waals surface area contributed by atoms with Crippen LogP contribution in [0.4, 0.5) is 11.4 Å². The van der Waals surface area contributed by atoms with E-state index >= 15 is 0 Å². The number of hydrogen-bond donors (Lipinski definition) is 2. The van der Waals surface area contributed by atoms with Crippen LogP contribution in [0.15, 0.2) is 24.3 Å². The van der Waals surface area contributed by atoms with Crippen LogP contribution in [0.5, 0.6) is 0 Å². The van der Waals surface area contributed by atoms with Crippen molar-refractivity contribution in [2.75, 3.05) is 17.2 Å². The van der Waals surface area contributed by atoms with Crippen molar-refractivity contribution in [3.05, 3.63) is 24.3 Å². The fourth-order valence-corrected chi connectivity index (χ4v) is 2.28. The highest BCUT2D eigenvalue weighted by Crippen LogP contribution is 2.27. The Morgan fingerprint density at radius 3 is 2.67 bits per heavy atom. The summed E-state index contributed by atoms with van der Waals surface area (Å²) >= 11 is 0.